The maximum atomic E-state index is 9.26. The third-order valence-corrected chi connectivity index (χ3v) is 9.65. The number of nitrogens with zero attached hydrogens (tertiary/aromatic N) is 4. The second-order valence-electron chi connectivity index (χ2n) is 12.0. The molecule has 0 unspecified atom stereocenters. The highest BCUT2D eigenvalue weighted by atomic mass is 15.1. The van der Waals surface area contributed by atoms with Crippen LogP contribution >= 0.6 is 0 Å². The predicted molar refractivity (Wildman–Crippen MR) is 191 cm³/mol. The van der Waals surface area contributed by atoms with E-state index in [9.17, 15) is 1.37 Å². The van der Waals surface area contributed by atoms with Crippen LogP contribution in [-0.4, -0.2) is 18.9 Å². The average Bonchev–Trinajstić information content (AvgIpc) is 3.61. The molecule has 46 heavy (non-hydrogen) atoms. The van der Waals surface area contributed by atoms with Gasteiger partial charge in [-0.05, 0) is 41.1 Å². The van der Waals surface area contributed by atoms with Gasteiger partial charge < -0.3 is 4.40 Å². The first-order chi connectivity index (χ1) is 23.7. The van der Waals surface area contributed by atoms with Crippen LogP contribution in [0.15, 0.2) is 146 Å². The monoisotopic (exact) mass is 586 g/mol. The molecule has 0 radical (unpaired) electrons. The van der Waals surface area contributed by atoms with Gasteiger partial charge in [0.05, 0.1) is 41.4 Å². The number of aromatic nitrogens is 4. The Morgan fingerprint density at radius 2 is 1.22 bits per heavy atom. The van der Waals surface area contributed by atoms with Crippen molar-refractivity contribution in [1.29, 1.82) is 0 Å². The van der Waals surface area contributed by atoms with E-state index in [1.54, 1.807) is 0 Å². The lowest BCUT2D eigenvalue weighted by atomic mass is 10.0. The van der Waals surface area contributed by atoms with Crippen LogP contribution < -0.4 is 0 Å². The van der Waals surface area contributed by atoms with E-state index in [-0.39, 0.29) is 0 Å². The highest BCUT2D eigenvalue weighted by Crippen LogP contribution is 2.44. The molecule has 0 aliphatic rings. The van der Waals surface area contributed by atoms with E-state index in [1.807, 2.05) is 42.5 Å². The maximum absolute atomic E-state index is 9.26. The molecule has 4 heterocycles. The maximum Gasteiger partial charge on any atom is 0.165 e. The fraction of sp³-hybridized carbons (Fsp3) is 0. The Labute approximate surface area is 265 Å². The van der Waals surface area contributed by atoms with Crippen LogP contribution in [0, 0.1) is 0 Å². The number of para-hydroxylation sites is 2. The summed E-state index contributed by atoms with van der Waals surface area (Å²) < 4.78 is 22.8. The molecular weight excluding hydrogens is 560 g/mol. The van der Waals surface area contributed by atoms with Gasteiger partial charge >= 0.3 is 0 Å². The highest BCUT2D eigenvalue weighted by molar-refractivity contribution is 6.31. The van der Waals surface area contributed by atoms with Crippen LogP contribution in [0.3, 0.4) is 0 Å². The number of rotatable bonds is 2. The van der Waals surface area contributed by atoms with Gasteiger partial charge in [-0.15, -0.1) is 0 Å². The van der Waals surface area contributed by atoms with Gasteiger partial charge in [-0.25, -0.2) is 9.97 Å². The number of benzene rings is 7. The number of hydrogen-bond donors (Lipinski definition) is 0. The van der Waals surface area contributed by atoms with Gasteiger partial charge in [0.25, 0.3) is 0 Å². The van der Waals surface area contributed by atoms with Crippen LogP contribution in [-0.2, 0) is 0 Å². The Morgan fingerprint density at radius 3 is 2.15 bits per heavy atom. The summed E-state index contributed by atoms with van der Waals surface area (Å²) >= 11 is 0. The van der Waals surface area contributed by atoms with Gasteiger partial charge in [0.1, 0.15) is 5.69 Å². The minimum atomic E-state index is 0.457. The standard InChI is InChI=1S/C42H24N4/c1-2-12-26(13-3-1)39-42(44-40-27-14-5-4-11-25(27)23-24-32(40)43-39)46-34-20-9-16-29-31-18-8-17-30-28-15-6-7-19-33(28)45(41(30)31)35-21-10-22-36(46)38(35)37(29)34/h1-24H/i18D,19D. The minimum absolute atomic E-state index is 0.457. The lowest BCUT2D eigenvalue weighted by Crippen LogP contribution is -2.04. The molecule has 0 amide bonds. The Kier molecular flexibility index (Phi) is 4.20. The molecule has 0 aliphatic carbocycles. The molecule has 212 valence electrons. The first kappa shape index (κ1) is 22.3. The van der Waals surface area contributed by atoms with E-state index in [2.05, 4.69) is 100.0 Å². The second-order valence-corrected chi connectivity index (χ2v) is 12.0. The molecule has 11 rings (SSSR count). The molecule has 7 aromatic carbocycles. The summed E-state index contributed by atoms with van der Waals surface area (Å²) in [5.74, 6) is 0.753. The quantitative estimate of drug-likeness (QED) is 0.189. The fourth-order valence-electron chi connectivity index (χ4n) is 7.77. The number of fused-ring (bicyclic) bond motifs is 8. The summed E-state index contributed by atoms with van der Waals surface area (Å²) in [5, 5.41) is 8.27. The van der Waals surface area contributed by atoms with E-state index in [4.69, 9.17) is 11.3 Å². The summed E-state index contributed by atoms with van der Waals surface area (Å²) in [4.78, 5) is 10.8. The fourth-order valence-corrected chi connectivity index (χ4v) is 7.77. The molecule has 4 aromatic heterocycles. The Bertz CT molecular complexity index is 3140. The van der Waals surface area contributed by atoms with Crippen molar-refractivity contribution < 1.29 is 2.74 Å². The summed E-state index contributed by atoms with van der Waals surface area (Å²) in [6.45, 7) is 0. The van der Waals surface area contributed by atoms with Crippen molar-refractivity contribution in [3.05, 3.63) is 146 Å². The smallest absolute Gasteiger partial charge is 0.165 e. The van der Waals surface area contributed by atoms with Crippen molar-refractivity contribution >= 4 is 81.7 Å². The topological polar surface area (TPSA) is 35.1 Å². The molecule has 11 aromatic rings. The van der Waals surface area contributed by atoms with E-state index in [1.165, 1.54) is 0 Å². The van der Waals surface area contributed by atoms with E-state index >= 15 is 0 Å². The molecule has 0 aliphatic heterocycles. The Morgan fingerprint density at radius 1 is 0.478 bits per heavy atom. The first-order valence-corrected chi connectivity index (χ1v) is 15.5. The Balaban J connectivity index is 1.42. The molecule has 0 fully saturated rings. The molecule has 0 atom stereocenters. The van der Waals surface area contributed by atoms with Crippen molar-refractivity contribution in [3.63, 3.8) is 0 Å². The van der Waals surface area contributed by atoms with Crippen LogP contribution in [0.25, 0.3) is 98.8 Å². The van der Waals surface area contributed by atoms with Gasteiger partial charge in [0, 0.05) is 37.9 Å². The van der Waals surface area contributed by atoms with Gasteiger partial charge in [-0.2, -0.15) is 0 Å². The van der Waals surface area contributed by atoms with Crippen molar-refractivity contribution in [3.8, 4) is 17.1 Å². The van der Waals surface area contributed by atoms with Gasteiger partial charge in [0.2, 0.25) is 0 Å². The SMILES string of the molecule is [2H]c1ccc2c3cccc([2H])c3n3c4cccc5c4c4c(cccc4n5-c4nc5c(ccc6ccccc65)nc4-c4ccccc4)c1c23. The summed E-state index contributed by atoms with van der Waals surface area (Å²) in [6.07, 6.45) is 0. The summed E-state index contributed by atoms with van der Waals surface area (Å²) in [5.41, 5.74) is 8.30. The van der Waals surface area contributed by atoms with Crippen molar-refractivity contribution in [1.82, 2.24) is 18.9 Å². The molecule has 4 heteroatoms. The average molecular weight is 587 g/mol. The Hall–Kier alpha value is -6.26. The lowest BCUT2D eigenvalue weighted by molar-refractivity contribution is 1.08. The van der Waals surface area contributed by atoms with Crippen LogP contribution in [0.4, 0.5) is 0 Å². The van der Waals surface area contributed by atoms with Crippen LogP contribution in [0.1, 0.15) is 2.74 Å². The summed E-state index contributed by atoms with van der Waals surface area (Å²) in [7, 11) is 0. The molecule has 0 saturated carbocycles. The van der Waals surface area contributed by atoms with E-state index in [0.29, 0.717) is 12.1 Å². The van der Waals surface area contributed by atoms with Gasteiger partial charge in [-0.3, -0.25) is 4.57 Å². The molecule has 4 nitrogen and oxygen atoms in total. The first-order valence-electron chi connectivity index (χ1n) is 16.5. The summed E-state index contributed by atoms with van der Waals surface area (Å²) in [6, 6.07) is 46.4. The van der Waals surface area contributed by atoms with Crippen molar-refractivity contribution in [2.24, 2.45) is 0 Å². The predicted octanol–water partition coefficient (Wildman–Crippen LogP) is 10.7. The second kappa shape index (κ2) is 8.68. The third-order valence-electron chi connectivity index (χ3n) is 9.65. The number of hydrogen-bond acceptors (Lipinski definition) is 2. The zero-order valence-electron chi connectivity index (χ0n) is 26.5. The van der Waals surface area contributed by atoms with Gasteiger partial charge in [-0.1, -0.05) is 115 Å². The van der Waals surface area contributed by atoms with Crippen molar-refractivity contribution in [2.45, 2.75) is 0 Å². The molecule has 0 bridgehead atoms. The zero-order valence-corrected chi connectivity index (χ0v) is 24.5. The zero-order chi connectivity index (χ0) is 31.7. The molecular formula is C42H24N4. The third kappa shape index (κ3) is 2.98. The molecule has 0 N–H and O–H groups in total. The van der Waals surface area contributed by atoms with Crippen LogP contribution in [0.2, 0.25) is 0 Å². The largest absolute Gasteiger partial charge is 0.308 e. The van der Waals surface area contributed by atoms with Crippen molar-refractivity contribution in [2.75, 3.05) is 0 Å². The molecule has 0 spiro atoms. The van der Waals surface area contributed by atoms with E-state index < -0.39 is 0 Å². The van der Waals surface area contributed by atoms with Crippen LogP contribution in [0.5, 0.6) is 0 Å². The van der Waals surface area contributed by atoms with E-state index in [0.717, 1.165) is 98.8 Å². The highest BCUT2D eigenvalue weighted by Gasteiger charge is 2.24. The normalized spacial score (nSPS) is 13.0. The minimum Gasteiger partial charge on any atom is -0.308 e. The van der Waals surface area contributed by atoms with Gasteiger partial charge in [0.15, 0.2) is 5.82 Å². The lowest BCUT2D eigenvalue weighted by Gasteiger charge is -2.15. The molecule has 0 saturated heterocycles.